The Bertz CT molecular complexity index is 376. The molecule has 0 saturated carbocycles. The van der Waals surface area contributed by atoms with Crippen molar-refractivity contribution < 1.29 is 9.72 Å². The van der Waals surface area contributed by atoms with E-state index < -0.39 is 4.92 Å². The number of carbonyl (C=O) groups is 1. The number of hydrogen-bond acceptors (Lipinski definition) is 3. The Balaban J connectivity index is 3.52. The van der Waals surface area contributed by atoms with Gasteiger partial charge in [-0.15, -0.1) is 0 Å². The van der Waals surface area contributed by atoms with Crippen molar-refractivity contribution in [2.24, 2.45) is 0 Å². The van der Waals surface area contributed by atoms with Crippen LogP contribution in [0.15, 0.2) is 16.6 Å². The summed E-state index contributed by atoms with van der Waals surface area (Å²) in [6, 6.07) is 3.21. The van der Waals surface area contributed by atoms with Gasteiger partial charge < -0.3 is 0 Å². The second-order valence-electron chi connectivity index (χ2n) is 2.50. The van der Waals surface area contributed by atoms with Gasteiger partial charge in [-0.25, -0.2) is 0 Å². The lowest BCUT2D eigenvalue weighted by Gasteiger charge is -2.01. The van der Waals surface area contributed by atoms with Crippen LogP contribution in [0.5, 0.6) is 0 Å². The molecule has 5 heteroatoms. The molecule has 1 aromatic rings. The molecule has 0 spiro atoms. The molecule has 0 unspecified atom stereocenters. The molecule has 0 saturated heterocycles. The molecule has 0 aliphatic heterocycles. The number of nitrogens with zero attached hydrogens (tertiary/aromatic N) is 1. The maximum Gasteiger partial charge on any atom is 0.283 e. The third-order valence-electron chi connectivity index (χ3n) is 1.67. The van der Waals surface area contributed by atoms with Gasteiger partial charge >= 0.3 is 0 Å². The zero-order valence-electron chi connectivity index (χ0n) is 6.78. The average Bonchev–Trinajstić information content (AvgIpc) is 2.07. The highest BCUT2D eigenvalue weighted by Crippen LogP contribution is 2.28. The van der Waals surface area contributed by atoms with Crippen LogP contribution in [0, 0.1) is 17.0 Å². The first-order valence-corrected chi connectivity index (χ1v) is 4.26. The summed E-state index contributed by atoms with van der Waals surface area (Å²) in [6.07, 6.45) is 0.481. The molecule has 0 aliphatic rings. The van der Waals surface area contributed by atoms with Crippen molar-refractivity contribution >= 4 is 27.9 Å². The number of aryl methyl sites for hydroxylation is 1. The van der Waals surface area contributed by atoms with E-state index in [1.807, 2.05) is 0 Å². The first-order valence-electron chi connectivity index (χ1n) is 3.46. The molecular weight excluding hydrogens is 238 g/mol. The topological polar surface area (TPSA) is 60.2 Å². The van der Waals surface area contributed by atoms with Gasteiger partial charge in [0, 0.05) is 10.0 Å². The van der Waals surface area contributed by atoms with E-state index in [2.05, 4.69) is 15.9 Å². The summed E-state index contributed by atoms with van der Waals surface area (Å²) in [5, 5.41) is 10.6. The van der Waals surface area contributed by atoms with E-state index in [0.717, 1.165) is 0 Å². The van der Waals surface area contributed by atoms with Crippen molar-refractivity contribution in [3.8, 4) is 0 Å². The summed E-state index contributed by atoms with van der Waals surface area (Å²) >= 11 is 3.07. The zero-order valence-corrected chi connectivity index (χ0v) is 8.37. The van der Waals surface area contributed by atoms with Crippen LogP contribution < -0.4 is 0 Å². The fourth-order valence-electron chi connectivity index (χ4n) is 1.05. The third kappa shape index (κ3) is 1.75. The predicted molar refractivity (Wildman–Crippen MR) is 50.9 cm³/mol. The van der Waals surface area contributed by atoms with E-state index in [1.54, 1.807) is 19.1 Å². The van der Waals surface area contributed by atoms with Gasteiger partial charge in [0.1, 0.15) is 5.56 Å². The predicted octanol–water partition coefficient (Wildman–Crippen LogP) is 2.48. The molecule has 0 amide bonds. The number of nitro groups is 1. The van der Waals surface area contributed by atoms with Crippen LogP contribution in [-0.2, 0) is 0 Å². The smallest absolute Gasteiger partial charge is 0.283 e. The van der Waals surface area contributed by atoms with Crippen LogP contribution in [0.2, 0.25) is 0 Å². The summed E-state index contributed by atoms with van der Waals surface area (Å²) in [5.41, 5.74) is 0.435. The number of carbonyl (C=O) groups excluding carboxylic acids is 1. The molecule has 13 heavy (non-hydrogen) atoms. The van der Waals surface area contributed by atoms with E-state index in [4.69, 9.17) is 0 Å². The van der Waals surface area contributed by atoms with E-state index in [1.165, 1.54) is 0 Å². The third-order valence-corrected chi connectivity index (χ3v) is 2.36. The lowest BCUT2D eigenvalue weighted by molar-refractivity contribution is -0.385. The molecule has 4 nitrogen and oxygen atoms in total. The highest BCUT2D eigenvalue weighted by atomic mass is 79.9. The normalized spacial score (nSPS) is 9.69. The average molecular weight is 244 g/mol. The summed E-state index contributed by atoms with van der Waals surface area (Å²) in [6.45, 7) is 1.59. The van der Waals surface area contributed by atoms with Gasteiger partial charge in [0.25, 0.3) is 5.69 Å². The Morgan fingerprint density at radius 1 is 1.54 bits per heavy atom. The minimum atomic E-state index is -0.552. The van der Waals surface area contributed by atoms with Crippen molar-refractivity contribution in [3.63, 3.8) is 0 Å². The summed E-state index contributed by atoms with van der Waals surface area (Å²) in [7, 11) is 0. The molecule has 0 aliphatic carbocycles. The summed E-state index contributed by atoms with van der Waals surface area (Å²) in [4.78, 5) is 20.6. The van der Waals surface area contributed by atoms with Gasteiger partial charge in [-0.1, -0.05) is 6.07 Å². The number of halogens is 1. The van der Waals surface area contributed by atoms with Gasteiger partial charge in [0.05, 0.1) is 4.92 Å². The Morgan fingerprint density at radius 3 is 2.54 bits per heavy atom. The number of benzene rings is 1. The lowest BCUT2D eigenvalue weighted by atomic mass is 10.1. The molecule has 0 bridgehead atoms. The van der Waals surface area contributed by atoms with Crippen molar-refractivity contribution in [2.75, 3.05) is 0 Å². The lowest BCUT2D eigenvalue weighted by Crippen LogP contribution is -1.98. The summed E-state index contributed by atoms with van der Waals surface area (Å²) < 4.78 is 0.444. The van der Waals surface area contributed by atoms with Crippen LogP contribution in [-0.4, -0.2) is 11.2 Å². The summed E-state index contributed by atoms with van der Waals surface area (Å²) in [5.74, 6) is 0. The second kappa shape index (κ2) is 3.66. The maximum absolute atomic E-state index is 10.6. The van der Waals surface area contributed by atoms with Crippen molar-refractivity contribution in [3.05, 3.63) is 37.8 Å². The second-order valence-corrected chi connectivity index (χ2v) is 3.36. The molecule has 1 aromatic carbocycles. The quantitative estimate of drug-likeness (QED) is 0.456. The minimum Gasteiger partial charge on any atom is -0.298 e. The van der Waals surface area contributed by atoms with E-state index >= 15 is 0 Å². The van der Waals surface area contributed by atoms with Gasteiger partial charge in [0.15, 0.2) is 6.29 Å². The maximum atomic E-state index is 10.6. The molecule has 68 valence electrons. The van der Waals surface area contributed by atoms with E-state index in [-0.39, 0.29) is 11.3 Å². The zero-order chi connectivity index (χ0) is 10.0. The van der Waals surface area contributed by atoms with Gasteiger partial charge in [-0.3, -0.25) is 14.9 Å². The Morgan fingerprint density at radius 2 is 2.15 bits per heavy atom. The Labute approximate surface area is 82.8 Å². The highest BCUT2D eigenvalue weighted by molar-refractivity contribution is 9.10. The molecule has 0 N–H and O–H groups in total. The fraction of sp³-hybridized carbons (Fsp3) is 0.125. The number of hydrogen-bond donors (Lipinski definition) is 0. The van der Waals surface area contributed by atoms with Crippen LogP contribution >= 0.6 is 15.9 Å². The Kier molecular flexibility index (Phi) is 2.77. The van der Waals surface area contributed by atoms with Crippen LogP contribution in [0.25, 0.3) is 0 Å². The molecular formula is C8H6BrNO3. The number of rotatable bonds is 2. The van der Waals surface area contributed by atoms with E-state index in [0.29, 0.717) is 16.3 Å². The van der Waals surface area contributed by atoms with Crippen molar-refractivity contribution in [1.29, 1.82) is 0 Å². The monoisotopic (exact) mass is 243 g/mol. The first kappa shape index (κ1) is 9.85. The minimum absolute atomic E-state index is 0.0880. The molecule has 0 aromatic heterocycles. The number of nitro benzene ring substituents is 1. The van der Waals surface area contributed by atoms with Crippen LogP contribution in [0.4, 0.5) is 5.69 Å². The molecule has 0 radical (unpaired) electrons. The molecule has 0 heterocycles. The largest absolute Gasteiger partial charge is 0.298 e. The molecule has 1 rings (SSSR count). The van der Waals surface area contributed by atoms with Crippen molar-refractivity contribution in [1.82, 2.24) is 0 Å². The van der Waals surface area contributed by atoms with Crippen molar-refractivity contribution in [2.45, 2.75) is 6.92 Å². The van der Waals surface area contributed by atoms with Gasteiger partial charge in [-0.05, 0) is 28.9 Å². The van der Waals surface area contributed by atoms with Gasteiger partial charge in [-0.2, -0.15) is 0 Å². The SMILES string of the molecule is Cc1ccc(Br)c(C=O)c1[N+](=O)[O-]. The standard InChI is InChI=1S/C8H6BrNO3/c1-5-2-3-7(9)6(4-11)8(5)10(12)13/h2-4H,1H3. The highest BCUT2D eigenvalue weighted by Gasteiger charge is 2.18. The van der Waals surface area contributed by atoms with Gasteiger partial charge in [0.2, 0.25) is 0 Å². The number of aldehydes is 1. The fourth-order valence-corrected chi connectivity index (χ4v) is 1.46. The Hall–Kier alpha value is -1.23. The molecule has 0 atom stereocenters. The first-order chi connectivity index (χ1) is 6.07. The van der Waals surface area contributed by atoms with Crippen LogP contribution in [0.1, 0.15) is 15.9 Å². The van der Waals surface area contributed by atoms with E-state index in [9.17, 15) is 14.9 Å². The van der Waals surface area contributed by atoms with Crippen LogP contribution in [0.3, 0.4) is 0 Å². The molecule has 0 fully saturated rings.